The van der Waals surface area contributed by atoms with Crippen LogP contribution >= 0.6 is 0 Å². The van der Waals surface area contributed by atoms with Crippen LogP contribution in [0.1, 0.15) is 39.5 Å². The van der Waals surface area contributed by atoms with Gasteiger partial charge in [0.05, 0.1) is 19.8 Å². The monoisotopic (exact) mass is 204 g/mol. The molecule has 0 unspecified atom stereocenters. The summed E-state index contributed by atoms with van der Waals surface area (Å²) in [5, 5.41) is 18.3. The number of hydrogen-bond donors (Lipinski definition) is 2. The van der Waals surface area contributed by atoms with E-state index in [9.17, 15) is 0 Å². The highest BCUT2D eigenvalue weighted by Gasteiger charge is 2.26. The zero-order valence-corrected chi connectivity index (χ0v) is 9.46. The van der Waals surface area contributed by atoms with E-state index >= 15 is 0 Å². The standard InChI is InChI=1S/C11H24O3/c1-3-5-6-7-14-10-11(4-2,8-12)9-13/h12-13H,3-10H2,1-2H3. The Balaban J connectivity index is 3.61. The topological polar surface area (TPSA) is 49.7 Å². The Bertz CT molecular complexity index is 113. The zero-order chi connectivity index (χ0) is 10.9. The fraction of sp³-hybridized carbons (Fsp3) is 1.00. The predicted octanol–water partition coefficient (Wildman–Crippen LogP) is 1.57. The fourth-order valence-corrected chi connectivity index (χ4v) is 1.21. The average molecular weight is 204 g/mol. The number of aliphatic hydroxyl groups excluding tert-OH is 2. The Morgan fingerprint density at radius 3 is 2.14 bits per heavy atom. The lowest BCUT2D eigenvalue weighted by molar-refractivity contribution is -0.0305. The summed E-state index contributed by atoms with van der Waals surface area (Å²) in [7, 11) is 0. The van der Waals surface area contributed by atoms with Gasteiger partial charge in [0.15, 0.2) is 0 Å². The molecule has 3 nitrogen and oxygen atoms in total. The van der Waals surface area contributed by atoms with Crippen LogP contribution in [0, 0.1) is 5.41 Å². The van der Waals surface area contributed by atoms with Crippen LogP contribution in [0.3, 0.4) is 0 Å². The first-order chi connectivity index (χ1) is 6.74. The highest BCUT2D eigenvalue weighted by atomic mass is 16.5. The molecule has 86 valence electrons. The van der Waals surface area contributed by atoms with Gasteiger partial charge in [-0.25, -0.2) is 0 Å². The van der Waals surface area contributed by atoms with Gasteiger partial charge in [-0.15, -0.1) is 0 Å². The summed E-state index contributed by atoms with van der Waals surface area (Å²) in [6.45, 7) is 5.29. The second-order valence-corrected chi connectivity index (χ2v) is 3.93. The highest BCUT2D eigenvalue weighted by molar-refractivity contribution is 4.75. The molecule has 0 heterocycles. The minimum atomic E-state index is -0.438. The number of unbranched alkanes of at least 4 members (excludes halogenated alkanes) is 2. The molecule has 0 aliphatic carbocycles. The summed E-state index contributed by atoms with van der Waals surface area (Å²) < 4.78 is 5.45. The van der Waals surface area contributed by atoms with Gasteiger partial charge in [-0.2, -0.15) is 0 Å². The van der Waals surface area contributed by atoms with Crippen molar-refractivity contribution < 1.29 is 14.9 Å². The average Bonchev–Trinajstić information content (AvgIpc) is 2.24. The van der Waals surface area contributed by atoms with Crippen molar-refractivity contribution in [3.63, 3.8) is 0 Å². The predicted molar refractivity (Wildman–Crippen MR) is 57.2 cm³/mol. The van der Waals surface area contributed by atoms with Crippen molar-refractivity contribution in [1.29, 1.82) is 0 Å². The molecule has 0 fully saturated rings. The zero-order valence-electron chi connectivity index (χ0n) is 9.46. The van der Waals surface area contributed by atoms with Crippen LogP contribution in [0.2, 0.25) is 0 Å². The van der Waals surface area contributed by atoms with E-state index < -0.39 is 5.41 Å². The van der Waals surface area contributed by atoms with E-state index in [1.165, 1.54) is 12.8 Å². The maximum atomic E-state index is 9.14. The second kappa shape index (κ2) is 8.21. The molecular weight excluding hydrogens is 180 g/mol. The van der Waals surface area contributed by atoms with E-state index in [-0.39, 0.29) is 13.2 Å². The summed E-state index contributed by atoms with van der Waals surface area (Å²) in [5.41, 5.74) is -0.438. The molecule has 0 aromatic carbocycles. The van der Waals surface area contributed by atoms with E-state index in [4.69, 9.17) is 14.9 Å². The molecular formula is C11H24O3. The first-order valence-corrected chi connectivity index (χ1v) is 5.54. The van der Waals surface area contributed by atoms with Crippen molar-refractivity contribution in [3.8, 4) is 0 Å². The van der Waals surface area contributed by atoms with Crippen LogP contribution in [0.4, 0.5) is 0 Å². The van der Waals surface area contributed by atoms with E-state index in [1.807, 2.05) is 6.92 Å². The molecule has 0 bridgehead atoms. The Labute approximate surface area is 87.1 Å². The number of ether oxygens (including phenoxy) is 1. The lowest BCUT2D eigenvalue weighted by Gasteiger charge is -2.27. The largest absolute Gasteiger partial charge is 0.396 e. The summed E-state index contributed by atoms with van der Waals surface area (Å²) >= 11 is 0. The van der Waals surface area contributed by atoms with Gasteiger partial charge in [-0.1, -0.05) is 26.7 Å². The lowest BCUT2D eigenvalue weighted by atomic mass is 9.88. The molecule has 0 aliphatic rings. The molecule has 3 heteroatoms. The molecule has 0 saturated heterocycles. The van der Waals surface area contributed by atoms with Crippen LogP contribution < -0.4 is 0 Å². The van der Waals surface area contributed by atoms with Crippen molar-refractivity contribution in [2.75, 3.05) is 26.4 Å². The number of rotatable bonds is 9. The van der Waals surface area contributed by atoms with E-state index in [0.29, 0.717) is 6.61 Å². The smallest absolute Gasteiger partial charge is 0.0566 e. The van der Waals surface area contributed by atoms with Gasteiger partial charge in [-0.3, -0.25) is 0 Å². The Morgan fingerprint density at radius 2 is 1.71 bits per heavy atom. The van der Waals surface area contributed by atoms with E-state index in [1.54, 1.807) is 0 Å². The first kappa shape index (κ1) is 13.9. The van der Waals surface area contributed by atoms with Gasteiger partial charge >= 0.3 is 0 Å². The second-order valence-electron chi connectivity index (χ2n) is 3.93. The molecule has 0 aromatic heterocycles. The van der Waals surface area contributed by atoms with Crippen molar-refractivity contribution in [2.24, 2.45) is 5.41 Å². The Morgan fingerprint density at radius 1 is 1.07 bits per heavy atom. The van der Waals surface area contributed by atoms with Crippen molar-refractivity contribution in [3.05, 3.63) is 0 Å². The molecule has 0 rings (SSSR count). The van der Waals surface area contributed by atoms with Crippen molar-refractivity contribution in [2.45, 2.75) is 39.5 Å². The van der Waals surface area contributed by atoms with Crippen LogP contribution in [0.15, 0.2) is 0 Å². The fourth-order valence-electron chi connectivity index (χ4n) is 1.21. The molecule has 2 N–H and O–H groups in total. The van der Waals surface area contributed by atoms with Gasteiger partial charge in [0.1, 0.15) is 0 Å². The van der Waals surface area contributed by atoms with Gasteiger partial charge < -0.3 is 14.9 Å². The molecule has 0 aromatic rings. The minimum Gasteiger partial charge on any atom is -0.396 e. The summed E-state index contributed by atoms with van der Waals surface area (Å²) in [5.74, 6) is 0. The van der Waals surface area contributed by atoms with E-state index in [2.05, 4.69) is 6.92 Å². The van der Waals surface area contributed by atoms with Crippen LogP contribution in [-0.4, -0.2) is 36.6 Å². The number of hydrogen-bond acceptors (Lipinski definition) is 3. The van der Waals surface area contributed by atoms with Crippen LogP contribution in [0.5, 0.6) is 0 Å². The molecule has 0 atom stereocenters. The SMILES string of the molecule is CCCCCOCC(CC)(CO)CO. The van der Waals surface area contributed by atoms with Crippen LogP contribution in [-0.2, 0) is 4.74 Å². The third-order valence-electron chi connectivity index (χ3n) is 2.72. The molecule has 0 saturated carbocycles. The number of aliphatic hydroxyl groups is 2. The summed E-state index contributed by atoms with van der Waals surface area (Å²) in [6.07, 6.45) is 4.17. The van der Waals surface area contributed by atoms with Crippen molar-refractivity contribution >= 4 is 0 Å². The summed E-state index contributed by atoms with van der Waals surface area (Å²) in [4.78, 5) is 0. The van der Waals surface area contributed by atoms with Gasteiger partial charge in [0.25, 0.3) is 0 Å². The molecule has 0 amide bonds. The molecule has 0 spiro atoms. The maximum absolute atomic E-state index is 9.14. The third-order valence-corrected chi connectivity index (χ3v) is 2.72. The highest BCUT2D eigenvalue weighted by Crippen LogP contribution is 2.20. The Hall–Kier alpha value is -0.120. The van der Waals surface area contributed by atoms with Gasteiger partial charge in [0, 0.05) is 12.0 Å². The third kappa shape index (κ3) is 4.94. The Kier molecular flexibility index (Phi) is 8.14. The lowest BCUT2D eigenvalue weighted by Crippen LogP contribution is -2.34. The molecule has 14 heavy (non-hydrogen) atoms. The van der Waals surface area contributed by atoms with Gasteiger partial charge in [-0.05, 0) is 12.8 Å². The minimum absolute atomic E-state index is 0.00617. The van der Waals surface area contributed by atoms with E-state index in [0.717, 1.165) is 19.4 Å². The molecule has 0 aliphatic heterocycles. The molecule has 0 radical (unpaired) electrons. The first-order valence-electron chi connectivity index (χ1n) is 5.54. The van der Waals surface area contributed by atoms with Crippen molar-refractivity contribution in [1.82, 2.24) is 0 Å². The quantitative estimate of drug-likeness (QED) is 0.561. The normalized spacial score (nSPS) is 12.0. The van der Waals surface area contributed by atoms with Gasteiger partial charge in [0.2, 0.25) is 0 Å². The summed E-state index contributed by atoms with van der Waals surface area (Å²) in [6, 6.07) is 0. The van der Waals surface area contributed by atoms with Crippen LogP contribution in [0.25, 0.3) is 0 Å². The maximum Gasteiger partial charge on any atom is 0.0566 e.